The molecule has 0 aliphatic heterocycles. The molecule has 0 N–H and O–H groups in total. The molecule has 112 valence electrons. The number of hydrogen-bond acceptors (Lipinski definition) is 1. The maximum absolute atomic E-state index is 12.0. The molecule has 0 amide bonds. The number of benzene rings is 2. The Bertz CT molecular complexity index is 632. The summed E-state index contributed by atoms with van der Waals surface area (Å²) >= 11 is 6.46. The normalized spacial score (nSPS) is 15.0. The smallest absolute Gasteiger partial charge is 0.261 e. The molecule has 0 saturated carbocycles. The first kappa shape index (κ1) is 14.7. The predicted molar refractivity (Wildman–Crippen MR) is 81.4 cm³/mol. The molecule has 1 unspecified atom stereocenters. The number of alkyl halides is 3. The van der Waals surface area contributed by atoms with Gasteiger partial charge in [-0.15, -0.1) is 11.6 Å². The Labute approximate surface area is 127 Å². The van der Waals surface area contributed by atoms with Gasteiger partial charge in [0.1, 0.15) is 6.61 Å². The fraction of sp³-hybridized carbons (Fsp3) is 0.412. The molecule has 2 aromatic rings. The Balaban J connectivity index is 1.78. The molecule has 1 nitrogen and oxygen atoms in total. The van der Waals surface area contributed by atoms with Gasteiger partial charge in [0.25, 0.3) is 6.43 Å². The summed E-state index contributed by atoms with van der Waals surface area (Å²) in [6, 6.07) is 10.5. The average molecular weight is 311 g/mol. The maximum Gasteiger partial charge on any atom is 0.261 e. The van der Waals surface area contributed by atoms with Crippen LogP contribution in [0.4, 0.5) is 8.78 Å². The zero-order chi connectivity index (χ0) is 14.8. The second-order valence-electron chi connectivity index (χ2n) is 5.38. The van der Waals surface area contributed by atoms with Crippen molar-refractivity contribution in [1.29, 1.82) is 0 Å². The standard InChI is InChI=1S/C17H17ClF2O/c18-15(8-9-21-10-16(19)20)13-7-6-12-5-4-11-2-1-3-14(13)17(11)12/h1-3,6-7,15-16H,4-5,8-10H2. The molecule has 4 heteroatoms. The van der Waals surface area contributed by atoms with Crippen LogP contribution in [-0.4, -0.2) is 19.6 Å². The molecule has 1 aliphatic carbocycles. The van der Waals surface area contributed by atoms with Gasteiger partial charge >= 0.3 is 0 Å². The Kier molecular flexibility index (Phi) is 4.41. The van der Waals surface area contributed by atoms with Crippen molar-refractivity contribution >= 4 is 22.4 Å². The van der Waals surface area contributed by atoms with Gasteiger partial charge in [-0.05, 0) is 46.7 Å². The maximum atomic E-state index is 12.0. The van der Waals surface area contributed by atoms with E-state index in [1.54, 1.807) is 0 Å². The minimum Gasteiger partial charge on any atom is -0.375 e. The van der Waals surface area contributed by atoms with Gasteiger partial charge in [-0.2, -0.15) is 0 Å². The quantitative estimate of drug-likeness (QED) is 0.545. The molecule has 2 aromatic carbocycles. The van der Waals surface area contributed by atoms with E-state index in [1.807, 2.05) is 0 Å². The lowest BCUT2D eigenvalue weighted by Gasteiger charge is -2.14. The molecule has 1 atom stereocenters. The van der Waals surface area contributed by atoms with Crippen molar-refractivity contribution in [2.24, 2.45) is 0 Å². The molecule has 0 saturated heterocycles. The van der Waals surface area contributed by atoms with E-state index in [0.29, 0.717) is 6.42 Å². The lowest BCUT2D eigenvalue weighted by atomic mass is 9.97. The zero-order valence-electron chi connectivity index (χ0n) is 11.6. The van der Waals surface area contributed by atoms with Crippen molar-refractivity contribution in [3.63, 3.8) is 0 Å². The molecule has 0 bridgehead atoms. The number of ether oxygens (including phenoxy) is 1. The summed E-state index contributed by atoms with van der Waals surface area (Å²) < 4.78 is 29.0. The molecule has 0 spiro atoms. The highest BCUT2D eigenvalue weighted by Crippen LogP contribution is 2.37. The highest BCUT2D eigenvalue weighted by atomic mass is 35.5. The number of rotatable bonds is 6. The van der Waals surface area contributed by atoms with E-state index in [4.69, 9.17) is 16.3 Å². The minimum atomic E-state index is -2.42. The summed E-state index contributed by atoms with van der Waals surface area (Å²) in [5.41, 5.74) is 3.82. The van der Waals surface area contributed by atoms with Gasteiger partial charge < -0.3 is 4.74 Å². The van der Waals surface area contributed by atoms with E-state index in [-0.39, 0.29) is 12.0 Å². The Morgan fingerprint density at radius 3 is 2.62 bits per heavy atom. The Morgan fingerprint density at radius 2 is 1.86 bits per heavy atom. The third-order valence-corrected chi connectivity index (χ3v) is 4.46. The van der Waals surface area contributed by atoms with E-state index >= 15 is 0 Å². The lowest BCUT2D eigenvalue weighted by molar-refractivity contribution is 0.0165. The summed E-state index contributed by atoms with van der Waals surface area (Å²) in [6.45, 7) is -0.269. The summed E-state index contributed by atoms with van der Waals surface area (Å²) in [7, 11) is 0. The van der Waals surface area contributed by atoms with Crippen molar-refractivity contribution in [3.05, 3.63) is 47.0 Å². The molecule has 21 heavy (non-hydrogen) atoms. The van der Waals surface area contributed by atoms with E-state index in [2.05, 4.69) is 30.3 Å². The zero-order valence-corrected chi connectivity index (χ0v) is 12.4. The fourth-order valence-electron chi connectivity index (χ4n) is 3.06. The average Bonchev–Trinajstić information content (AvgIpc) is 2.89. The predicted octanol–water partition coefficient (Wildman–Crippen LogP) is 4.89. The first-order chi connectivity index (χ1) is 10.2. The second-order valence-corrected chi connectivity index (χ2v) is 5.90. The largest absolute Gasteiger partial charge is 0.375 e. The summed E-state index contributed by atoms with van der Waals surface area (Å²) in [5, 5.41) is 2.30. The van der Waals surface area contributed by atoms with E-state index < -0.39 is 13.0 Å². The minimum absolute atomic E-state index is 0.215. The van der Waals surface area contributed by atoms with Crippen molar-refractivity contribution < 1.29 is 13.5 Å². The first-order valence-electron chi connectivity index (χ1n) is 7.20. The van der Waals surface area contributed by atoms with Gasteiger partial charge in [0.05, 0.1) is 5.38 Å². The molecular weight excluding hydrogens is 294 g/mol. The second kappa shape index (κ2) is 6.29. The van der Waals surface area contributed by atoms with Gasteiger partial charge in [0.15, 0.2) is 0 Å². The van der Waals surface area contributed by atoms with Crippen LogP contribution < -0.4 is 0 Å². The van der Waals surface area contributed by atoms with Crippen molar-refractivity contribution in [3.8, 4) is 0 Å². The van der Waals surface area contributed by atoms with E-state index in [1.165, 1.54) is 21.9 Å². The molecule has 0 radical (unpaired) electrons. The Morgan fingerprint density at radius 1 is 1.10 bits per heavy atom. The van der Waals surface area contributed by atoms with Crippen LogP contribution >= 0.6 is 11.6 Å². The monoisotopic (exact) mass is 310 g/mol. The van der Waals surface area contributed by atoms with Crippen molar-refractivity contribution in [2.45, 2.75) is 31.1 Å². The SMILES string of the molecule is FC(F)COCCC(Cl)c1ccc2c3c(cccc13)CC2. The molecule has 0 fully saturated rings. The van der Waals surface area contributed by atoms with Crippen LogP contribution in [0.15, 0.2) is 30.3 Å². The summed E-state index contributed by atoms with van der Waals surface area (Å²) in [6.07, 6.45) is 0.282. The topological polar surface area (TPSA) is 9.23 Å². The van der Waals surface area contributed by atoms with Crippen LogP contribution in [0.3, 0.4) is 0 Å². The van der Waals surface area contributed by atoms with E-state index in [9.17, 15) is 8.78 Å². The molecule has 3 rings (SSSR count). The molecule has 0 heterocycles. The number of halogens is 3. The van der Waals surface area contributed by atoms with Gasteiger partial charge in [-0.1, -0.05) is 30.3 Å². The van der Waals surface area contributed by atoms with Crippen LogP contribution in [0.2, 0.25) is 0 Å². The van der Waals surface area contributed by atoms with Crippen LogP contribution in [-0.2, 0) is 17.6 Å². The number of aryl methyl sites for hydroxylation is 2. The van der Waals surface area contributed by atoms with Gasteiger partial charge in [0, 0.05) is 6.61 Å². The van der Waals surface area contributed by atoms with Gasteiger partial charge in [-0.3, -0.25) is 0 Å². The summed E-state index contributed by atoms with van der Waals surface area (Å²) in [5.74, 6) is 0. The van der Waals surface area contributed by atoms with Gasteiger partial charge in [0.2, 0.25) is 0 Å². The third-order valence-electron chi connectivity index (χ3n) is 4.01. The first-order valence-corrected chi connectivity index (χ1v) is 7.64. The van der Waals surface area contributed by atoms with Crippen LogP contribution in [0.5, 0.6) is 0 Å². The molecular formula is C17H17ClF2O. The van der Waals surface area contributed by atoms with Crippen LogP contribution in [0, 0.1) is 0 Å². The van der Waals surface area contributed by atoms with Crippen LogP contribution in [0.1, 0.15) is 28.5 Å². The molecule has 1 aliphatic rings. The van der Waals surface area contributed by atoms with Crippen molar-refractivity contribution in [1.82, 2.24) is 0 Å². The highest BCUT2D eigenvalue weighted by molar-refractivity contribution is 6.22. The number of hydrogen-bond donors (Lipinski definition) is 0. The third kappa shape index (κ3) is 3.04. The molecule has 0 aromatic heterocycles. The van der Waals surface area contributed by atoms with E-state index in [0.717, 1.165) is 18.4 Å². The van der Waals surface area contributed by atoms with Crippen LogP contribution in [0.25, 0.3) is 10.8 Å². The summed E-state index contributed by atoms with van der Waals surface area (Å²) in [4.78, 5) is 0. The highest BCUT2D eigenvalue weighted by Gasteiger charge is 2.19. The fourth-order valence-corrected chi connectivity index (χ4v) is 3.34. The van der Waals surface area contributed by atoms with Gasteiger partial charge in [-0.25, -0.2) is 8.78 Å². The van der Waals surface area contributed by atoms with Crippen molar-refractivity contribution in [2.75, 3.05) is 13.2 Å². The Hall–Kier alpha value is -1.19. The lowest BCUT2D eigenvalue weighted by Crippen LogP contribution is -2.07.